The molecule has 2 aromatic rings. The molecule has 4 fully saturated rings. The van der Waals surface area contributed by atoms with Crippen LogP contribution in [0.1, 0.15) is 23.4 Å². The molecule has 32 heavy (non-hydrogen) atoms. The molecular formula is C25H34N4O3. The zero-order valence-corrected chi connectivity index (χ0v) is 18.9. The van der Waals surface area contributed by atoms with Gasteiger partial charge in [0.25, 0.3) is 5.91 Å². The van der Waals surface area contributed by atoms with Gasteiger partial charge in [0.2, 0.25) is 0 Å². The van der Waals surface area contributed by atoms with Crippen molar-refractivity contribution in [2.45, 2.75) is 18.9 Å². The molecule has 2 bridgehead atoms. The van der Waals surface area contributed by atoms with Crippen LogP contribution in [0.2, 0.25) is 0 Å². The van der Waals surface area contributed by atoms with E-state index in [-0.39, 0.29) is 5.91 Å². The molecule has 4 atom stereocenters. The summed E-state index contributed by atoms with van der Waals surface area (Å²) < 4.78 is 10.8. The van der Waals surface area contributed by atoms with E-state index in [2.05, 4.69) is 32.1 Å². The Labute approximate surface area is 190 Å². The summed E-state index contributed by atoms with van der Waals surface area (Å²) in [6, 6.07) is 12.2. The Hall–Kier alpha value is -2.51. The third-order valence-electron chi connectivity index (χ3n) is 7.55. The summed E-state index contributed by atoms with van der Waals surface area (Å²) in [6.45, 7) is 8.50. The number of fused-ring (bicyclic) bond motifs is 3. The molecule has 1 unspecified atom stereocenters. The number of carbonyl (C=O) groups is 1. The van der Waals surface area contributed by atoms with Crippen molar-refractivity contribution in [1.82, 2.24) is 15.1 Å². The Balaban J connectivity index is 1.10. The van der Waals surface area contributed by atoms with Gasteiger partial charge in [0.1, 0.15) is 5.75 Å². The predicted octanol–water partition coefficient (Wildman–Crippen LogP) is 2.55. The van der Waals surface area contributed by atoms with Crippen LogP contribution in [-0.4, -0.2) is 81.2 Å². The van der Waals surface area contributed by atoms with E-state index in [1.807, 2.05) is 12.1 Å². The highest BCUT2D eigenvalue weighted by molar-refractivity contribution is 5.91. The van der Waals surface area contributed by atoms with Crippen LogP contribution >= 0.6 is 0 Å². The highest BCUT2D eigenvalue weighted by atomic mass is 16.5. The third-order valence-corrected chi connectivity index (χ3v) is 7.55. The van der Waals surface area contributed by atoms with Crippen molar-refractivity contribution in [3.8, 4) is 5.75 Å². The van der Waals surface area contributed by atoms with E-state index >= 15 is 0 Å². The molecule has 4 saturated heterocycles. The lowest BCUT2D eigenvalue weighted by Crippen LogP contribution is -2.59. The lowest BCUT2D eigenvalue weighted by molar-refractivity contribution is -0.0121. The zero-order valence-electron chi connectivity index (χ0n) is 18.9. The minimum atomic E-state index is -0.109. The van der Waals surface area contributed by atoms with Gasteiger partial charge in [0.15, 0.2) is 5.76 Å². The van der Waals surface area contributed by atoms with Crippen LogP contribution in [0, 0.1) is 11.8 Å². The van der Waals surface area contributed by atoms with E-state index in [9.17, 15) is 4.79 Å². The van der Waals surface area contributed by atoms with Crippen molar-refractivity contribution in [2.75, 3.05) is 64.4 Å². The number of piperazine rings is 1. The Bertz CT molecular complexity index is 894. The highest BCUT2D eigenvalue weighted by Crippen LogP contribution is 2.37. The van der Waals surface area contributed by atoms with Crippen LogP contribution in [0.25, 0.3) is 0 Å². The molecule has 0 radical (unpaired) electrons. The van der Waals surface area contributed by atoms with Crippen LogP contribution in [-0.2, 0) is 0 Å². The number of ether oxygens (including phenoxy) is 1. The number of nitrogens with zero attached hydrogens (tertiary/aromatic N) is 3. The van der Waals surface area contributed by atoms with Gasteiger partial charge in [-0.05, 0) is 55.5 Å². The maximum Gasteiger partial charge on any atom is 0.287 e. The highest BCUT2D eigenvalue weighted by Gasteiger charge is 2.40. The van der Waals surface area contributed by atoms with Gasteiger partial charge in [-0.15, -0.1) is 0 Å². The van der Waals surface area contributed by atoms with Crippen molar-refractivity contribution >= 4 is 11.6 Å². The Morgan fingerprint density at radius 2 is 1.97 bits per heavy atom. The summed E-state index contributed by atoms with van der Waals surface area (Å²) in [5.74, 6) is 2.74. The Morgan fingerprint density at radius 1 is 1.12 bits per heavy atom. The molecule has 1 aromatic carbocycles. The van der Waals surface area contributed by atoms with Crippen molar-refractivity contribution in [3.63, 3.8) is 0 Å². The number of nitrogens with one attached hydrogen (secondary N) is 1. The molecule has 0 spiro atoms. The smallest absolute Gasteiger partial charge is 0.287 e. The SMILES string of the molecule is COc1ccccc1N1CCN(C[C@H]2CN3CC[C@H]2C[C@@H]3CNC(=O)c2ccco2)CC1. The molecule has 1 amide bonds. The number of piperidine rings is 3. The second-order valence-corrected chi connectivity index (χ2v) is 9.34. The quantitative estimate of drug-likeness (QED) is 0.717. The third kappa shape index (κ3) is 4.50. The van der Waals surface area contributed by atoms with Crippen LogP contribution in [0.3, 0.4) is 0 Å². The van der Waals surface area contributed by atoms with Gasteiger partial charge in [-0.3, -0.25) is 14.6 Å². The van der Waals surface area contributed by atoms with Crippen molar-refractivity contribution < 1.29 is 13.9 Å². The summed E-state index contributed by atoms with van der Waals surface area (Å²) in [5.41, 5.74) is 1.21. The number of hydrogen-bond acceptors (Lipinski definition) is 6. The summed E-state index contributed by atoms with van der Waals surface area (Å²) >= 11 is 0. The minimum Gasteiger partial charge on any atom is -0.495 e. The van der Waals surface area contributed by atoms with Crippen molar-refractivity contribution in [3.05, 3.63) is 48.4 Å². The van der Waals surface area contributed by atoms with E-state index < -0.39 is 0 Å². The van der Waals surface area contributed by atoms with Gasteiger partial charge in [0.05, 0.1) is 19.1 Å². The number of rotatable bonds is 7. The fourth-order valence-electron chi connectivity index (χ4n) is 5.77. The van der Waals surface area contributed by atoms with E-state index in [0.717, 1.165) is 56.9 Å². The zero-order chi connectivity index (χ0) is 21.9. The molecular weight excluding hydrogens is 404 g/mol. The lowest BCUT2D eigenvalue weighted by atomic mass is 9.75. The number of amides is 1. The van der Waals surface area contributed by atoms with Crippen LogP contribution in [0.5, 0.6) is 5.75 Å². The molecule has 7 heteroatoms. The molecule has 4 aliphatic heterocycles. The first-order chi connectivity index (χ1) is 15.7. The van der Waals surface area contributed by atoms with Crippen molar-refractivity contribution in [2.24, 2.45) is 11.8 Å². The molecule has 4 aliphatic rings. The second kappa shape index (κ2) is 9.55. The van der Waals surface area contributed by atoms with E-state index in [4.69, 9.17) is 9.15 Å². The van der Waals surface area contributed by atoms with Gasteiger partial charge in [-0.2, -0.15) is 0 Å². The summed E-state index contributed by atoms with van der Waals surface area (Å²) in [4.78, 5) is 19.9. The number of hydrogen-bond donors (Lipinski definition) is 1. The number of para-hydroxylation sites is 2. The monoisotopic (exact) mass is 438 g/mol. The lowest BCUT2D eigenvalue weighted by Gasteiger charge is -2.51. The number of furan rings is 1. The Morgan fingerprint density at radius 3 is 2.69 bits per heavy atom. The first kappa shape index (κ1) is 21.3. The van der Waals surface area contributed by atoms with Crippen LogP contribution in [0.15, 0.2) is 47.1 Å². The van der Waals surface area contributed by atoms with Crippen molar-refractivity contribution in [1.29, 1.82) is 0 Å². The summed E-state index contributed by atoms with van der Waals surface area (Å²) in [5, 5.41) is 3.07. The molecule has 1 aromatic heterocycles. The number of anilines is 1. The fourth-order valence-corrected chi connectivity index (χ4v) is 5.77. The largest absolute Gasteiger partial charge is 0.495 e. The summed E-state index contributed by atoms with van der Waals surface area (Å²) in [7, 11) is 1.75. The second-order valence-electron chi connectivity index (χ2n) is 9.34. The predicted molar refractivity (Wildman–Crippen MR) is 124 cm³/mol. The standard InChI is InChI=1S/C25H34N4O3/c1-31-23-6-3-2-5-22(23)28-12-10-27(11-13-28)17-20-18-29-9-8-19(20)15-21(29)16-26-25(30)24-7-4-14-32-24/h2-7,14,19-21H,8-13,15-18H2,1H3,(H,26,30)/t19-,20-,21+/m0/s1. The minimum absolute atomic E-state index is 0.109. The number of methoxy groups -OCH3 is 1. The Kier molecular flexibility index (Phi) is 6.37. The van der Waals surface area contributed by atoms with E-state index in [1.165, 1.54) is 25.1 Å². The van der Waals surface area contributed by atoms with Gasteiger partial charge >= 0.3 is 0 Å². The maximum atomic E-state index is 12.2. The molecule has 6 rings (SSSR count). The van der Waals surface area contributed by atoms with E-state index in [1.54, 1.807) is 25.5 Å². The normalized spacial score (nSPS) is 28.0. The molecule has 7 nitrogen and oxygen atoms in total. The number of carbonyl (C=O) groups excluding carboxylic acids is 1. The maximum absolute atomic E-state index is 12.2. The average Bonchev–Trinajstić information content (AvgIpc) is 3.39. The van der Waals surface area contributed by atoms with Gasteiger partial charge in [0, 0.05) is 51.9 Å². The number of benzene rings is 1. The van der Waals surface area contributed by atoms with Crippen LogP contribution in [0.4, 0.5) is 5.69 Å². The molecule has 5 heterocycles. The van der Waals surface area contributed by atoms with Gasteiger partial charge < -0.3 is 19.4 Å². The first-order valence-corrected chi connectivity index (χ1v) is 11.9. The van der Waals surface area contributed by atoms with Crippen LogP contribution < -0.4 is 15.0 Å². The summed E-state index contributed by atoms with van der Waals surface area (Å²) in [6.07, 6.45) is 4.01. The van der Waals surface area contributed by atoms with Gasteiger partial charge in [-0.25, -0.2) is 0 Å². The molecule has 0 aliphatic carbocycles. The topological polar surface area (TPSA) is 61.2 Å². The van der Waals surface area contributed by atoms with E-state index in [0.29, 0.717) is 18.3 Å². The molecule has 0 saturated carbocycles. The van der Waals surface area contributed by atoms with Gasteiger partial charge in [-0.1, -0.05) is 12.1 Å². The molecule has 1 N–H and O–H groups in total. The first-order valence-electron chi connectivity index (χ1n) is 11.9. The fraction of sp³-hybridized carbons (Fsp3) is 0.560. The average molecular weight is 439 g/mol. The molecule has 172 valence electrons.